The average molecular weight is 218 g/mol. The smallest absolute Gasteiger partial charge is 0.204 e. The Bertz CT molecular complexity index is 439. The first-order valence-electron chi connectivity index (χ1n) is 5.26. The molecule has 0 bridgehead atoms. The third-order valence-electron chi connectivity index (χ3n) is 2.38. The van der Waals surface area contributed by atoms with Crippen molar-refractivity contribution in [2.45, 2.75) is 25.9 Å². The van der Waals surface area contributed by atoms with Crippen LogP contribution in [0.3, 0.4) is 0 Å². The van der Waals surface area contributed by atoms with Gasteiger partial charge in [0, 0.05) is 5.56 Å². The standard InChI is InChI=1S/C11H14N4O/c1-8(16)5-6-9-3-2-4-10(7-9)11-12-14-15-13-11/h2-4,7-8,16H,5-6H2,1H3,(H,12,13,14,15). The van der Waals surface area contributed by atoms with E-state index in [4.69, 9.17) is 0 Å². The molecule has 0 fully saturated rings. The molecule has 2 rings (SSSR count). The lowest BCUT2D eigenvalue weighted by atomic mass is 10.0. The van der Waals surface area contributed by atoms with E-state index < -0.39 is 0 Å². The second-order valence-electron chi connectivity index (χ2n) is 3.82. The van der Waals surface area contributed by atoms with Crippen LogP contribution in [-0.4, -0.2) is 31.8 Å². The summed E-state index contributed by atoms with van der Waals surface area (Å²) in [5.41, 5.74) is 2.11. The average Bonchev–Trinajstić information content (AvgIpc) is 2.80. The van der Waals surface area contributed by atoms with E-state index in [1.807, 2.05) is 24.3 Å². The van der Waals surface area contributed by atoms with Gasteiger partial charge >= 0.3 is 0 Å². The summed E-state index contributed by atoms with van der Waals surface area (Å²) in [5, 5.41) is 23.0. The number of aryl methyl sites for hydroxylation is 1. The molecule has 2 aromatic rings. The number of hydrogen-bond donors (Lipinski definition) is 2. The third kappa shape index (κ3) is 2.64. The molecule has 1 aromatic carbocycles. The van der Waals surface area contributed by atoms with Crippen molar-refractivity contribution < 1.29 is 5.11 Å². The lowest BCUT2D eigenvalue weighted by Crippen LogP contribution is -2.01. The van der Waals surface area contributed by atoms with Crippen molar-refractivity contribution in [3.05, 3.63) is 29.8 Å². The van der Waals surface area contributed by atoms with E-state index in [2.05, 4.69) is 20.6 Å². The van der Waals surface area contributed by atoms with Crippen molar-refractivity contribution in [2.24, 2.45) is 0 Å². The van der Waals surface area contributed by atoms with Crippen LogP contribution >= 0.6 is 0 Å². The van der Waals surface area contributed by atoms with Gasteiger partial charge in [0.15, 0.2) is 0 Å². The number of aromatic nitrogens is 4. The fraction of sp³-hybridized carbons (Fsp3) is 0.364. The maximum Gasteiger partial charge on any atom is 0.204 e. The molecule has 1 aromatic heterocycles. The SMILES string of the molecule is CC(O)CCc1cccc(-c2nn[nH]n2)c1. The van der Waals surface area contributed by atoms with Gasteiger partial charge in [-0.3, -0.25) is 0 Å². The lowest BCUT2D eigenvalue weighted by molar-refractivity contribution is 0.185. The lowest BCUT2D eigenvalue weighted by Gasteiger charge is -2.04. The summed E-state index contributed by atoms with van der Waals surface area (Å²) in [6, 6.07) is 7.96. The van der Waals surface area contributed by atoms with Gasteiger partial charge < -0.3 is 5.11 Å². The molecular weight excluding hydrogens is 204 g/mol. The second-order valence-corrected chi connectivity index (χ2v) is 3.82. The number of hydrogen-bond acceptors (Lipinski definition) is 4. The molecule has 5 nitrogen and oxygen atoms in total. The fourth-order valence-corrected chi connectivity index (χ4v) is 1.53. The molecule has 5 heteroatoms. The Morgan fingerprint density at radius 1 is 1.44 bits per heavy atom. The van der Waals surface area contributed by atoms with Crippen molar-refractivity contribution in [1.82, 2.24) is 20.6 Å². The van der Waals surface area contributed by atoms with E-state index >= 15 is 0 Å². The number of aromatic amines is 1. The maximum atomic E-state index is 9.23. The highest BCUT2D eigenvalue weighted by atomic mass is 16.3. The number of aliphatic hydroxyl groups is 1. The Hall–Kier alpha value is -1.75. The van der Waals surface area contributed by atoms with Gasteiger partial charge in [-0.05, 0) is 36.6 Å². The molecule has 16 heavy (non-hydrogen) atoms. The van der Waals surface area contributed by atoms with Gasteiger partial charge in [0.05, 0.1) is 6.10 Å². The van der Waals surface area contributed by atoms with Gasteiger partial charge in [-0.1, -0.05) is 18.2 Å². The van der Waals surface area contributed by atoms with Crippen molar-refractivity contribution in [2.75, 3.05) is 0 Å². The largest absolute Gasteiger partial charge is 0.393 e. The van der Waals surface area contributed by atoms with Crippen molar-refractivity contribution in [3.8, 4) is 11.4 Å². The highest BCUT2D eigenvalue weighted by Gasteiger charge is 2.04. The number of nitrogens with one attached hydrogen (secondary N) is 1. The molecule has 0 amide bonds. The van der Waals surface area contributed by atoms with E-state index in [1.54, 1.807) is 6.92 Å². The van der Waals surface area contributed by atoms with E-state index in [1.165, 1.54) is 5.56 Å². The molecule has 1 heterocycles. The van der Waals surface area contributed by atoms with Crippen LogP contribution in [0.25, 0.3) is 11.4 Å². The van der Waals surface area contributed by atoms with Crippen LogP contribution in [0.4, 0.5) is 0 Å². The number of benzene rings is 1. The van der Waals surface area contributed by atoms with E-state index in [9.17, 15) is 5.11 Å². The van der Waals surface area contributed by atoms with E-state index in [0.29, 0.717) is 5.82 Å². The normalized spacial score (nSPS) is 12.6. The molecule has 1 atom stereocenters. The van der Waals surface area contributed by atoms with Gasteiger partial charge in [-0.2, -0.15) is 5.21 Å². The molecule has 0 aliphatic heterocycles. The van der Waals surface area contributed by atoms with Crippen LogP contribution < -0.4 is 0 Å². The van der Waals surface area contributed by atoms with Crippen LogP contribution in [0.5, 0.6) is 0 Å². The Labute approximate surface area is 93.5 Å². The molecule has 0 radical (unpaired) electrons. The first-order chi connectivity index (χ1) is 7.75. The Kier molecular flexibility index (Phi) is 3.26. The van der Waals surface area contributed by atoms with E-state index in [0.717, 1.165) is 18.4 Å². The van der Waals surface area contributed by atoms with Gasteiger partial charge in [-0.15, -0.1) is 10.2 Å². The van der Waals surface area contributed by atoms with Crippen molar-refractivity contribution in [1.29, 1.82) is 0 Å². The third-order valence-corrected chi connectivity index (χ3v) is 2.38. The monoisotopic (exact) mass is 218 g/mol. The van der Waals surface area contributed by atoms with Crippen LogP contribution in [0, 0.1) is 0 Å². The summed E-state index contributed by atoms with van der Waals surface area (Å²) in [6.45, 7) is 1.79. The summed E-state index contributed by atoms with van der Waals surface area (Å²) in [6.07, 6.45) is 1.34. The number of aliphatic hydroxyl groups excluding tert-OH is 1. The fourth-order valence-electron chi connectivity index (χ4n) is 1.53. The predicted octanol–water partition coefficient (Wildman–Crippen LogP) is 1.18. The maximum absolute atomic E-state index is 9.23. The molecule has 1 unspecified atom stereocenters. The van der Waals surface area contributed by atoms with Crippen molar-refractivity contribution in [3.63, 3.8) is 0 Å². The highest BCUT2D eigenvalue weighted by molar-refractivity contribution is 5.54. The van der Waals surface area contributed by atoms with Crippen molar-refractivity contribution >= 4 is 0 Å². The second kappa shape index (κ2) is 4.85. The number of H-pyrrole nitrogens is 1. The molecule has 0 aliphatic rings. The zero-order chi connectivity index (χ0) is 11.4. The molecule has 0 aliphatic carbocycles. The van der Waals surface area contributed by atoms with Gasteiger partial charge in [0.2, 0.25) is 5.82 Å². The van der Waals surface area contributed by atoms with Crippen LogP contribution in [0.2, 0.25) is 0 Å². The molecule has 2 N–H and O–H groups in total. The van der Waals surface area contributed by atoms with Crippen LogP contribution in [0.15, 0.2) is 24.3 Å². The summed E-state index contributed by atoms with van der Waals surface area (Å²) < 4.78 is 0. The zero-order valence-electron chi connectivity index (χ0n) is 9.09. The minimum absolute atomic E-state index is 0.270. The Morgan fingerprint density at radius 3 is 3.00 bits per heavy atom. The van der Waals surface area contributed by atoms with Gasteiger partial charge in [0.25, 0.3) is 0 Å². The Morgan fingerprint density at radius 2 is 2.31 bits per heavy atom. The summed E-state index contributed by atoms with van der Waals surface area (Å²) in [4.78, 5) is 0. The minimum Gasteiger partial charge on any atom is -0.393 e. The molecule has 0 saturated carbocycles. The van der Waals surface area contributed by atoms with Crippen LogP contribution in [0.1, 0.15) is 18.9 Å². The highest BCUT2D eigenvalue weighted by Crippen LogP contribution is 2.16. The Balaban J connectivity index is 2.14. The van der Waals surface area contributed by atoms with Gasteiger partial charge in [-0.25, -0.2) is 0 Å². The zero-order valence-corrected chi connectivity index (χ0v) is 9.09. The summed E-state index contributed by atoms with van der Waals surface area (Å²) >= 11 is 0. The molecule has 0 spiro atoms. The molecular formula is C11H14N4O. The summed E-state index contributed by atoms with van der Waals surface area (Å²) in [7, 11) is 0. The number of tetrazole rings is 1. The predicted molar refractivity (Wildman–Crippen MR) is 59.6 cm³/mol. The topological polar surface area (TPSA) is 74.7 Å². The van der Waals surface area contributed by atoms with Crippen LogP contribution in [-0.2, 0) is 6.42 Å². The first kappa shape index (κ1) is 10.8. The van der Waals surface area contributed by atoms with E-state index in [-0.39, 0.29) is 6.10 Å². The van der Waals surface area contributed by atoms with Gasteiger partial charge in [0.1, 0.15) is 0 Å². The minimum atomic E-state index is -0.270. The number of rotatable bonds is 4. The molecule has 84 valence electrons. The molecule has 0 saturated heterocycles. The first-order valence-corrected chi connectivity index (χ1v) is 5.26. The quantitative estimate of drug-likeness (QED) is 0.808. The summed E-state index contributed by atoms with van der Waals surface area (Å²) in [5.74, 6) is 0.596. The number of nitrogens with zero attached hydrogens (tertiary/aromatic N) is 3.